The van der Waals surface area contributed by atoms with Crippen LogP contribution in [-0.4, -0.2) is 34.0 Å². The summed E-state index contributed by atoms with van der Waals surface area (Å²) in [4.78, 5) is 19.7. The van der Waals surface area contributed by atoms with E-state index in [1.165, 1.54) is 0 Å². The summed E-state index contributed by atoms with van der Waals surface area (Å²) in [6.07, 6.45) is -0.327. The van der Waals surface area contributed by atoms with E-state index in [1.54, 1.807) is 0 Å². The zero-order chi connectivity index (χ0) is 8.15. The third-order valence-corrected chi connectivity index (χ3v) is 0.972. The molecule has 0 heterocycles. The van der Waals surface area contributed by atoms with Crippen molar-refractivity contribution < 1.29 is 60.3 Å². The normalized spacial score (nSPS) is 9.62. The van der Waals surface area contributed by atoms with E-state index in [4.69, 9.17) is 10.8 Å². The van der Waals surface area contributed by atoms with E-state index in [0.29, 0.717) is 0 Å². The summed E-state index contributed by atoms with van der Waals surface area (Å²) in [5.41, 5.74) is 4.94. The van der Waals surface area contributed by atoms with Gasteiger partial charge in [-0.2, -0.15) is 0 Å². The molecule has 0 saturated carbocycles. The smallest absolute Gasteiger partial charge is 0.548 e. The predicted octanol–water partition coefficient (Wildman–Crippen LogP) is -6.72. The van der Waals surface area contributed by atoms with Crippen molar-refractivity contribution in [2.75, 3.05) is 0 Å². The van der Waals surface area contributed by atoms with E-state index >= 15 is 0 Å². The van der Waals surface area contributed by atoms with Crippen LogP contribution in [0.25, 0.3) is 0 Å². The van der Waals surface area contributed by atoms with Crippen molar-refractivity contribution in [3.05, 3.63) is 0 Å². The summed E-state index contributed by atoms with van der Waals surface area (Å²) in [5.74, 6) is -2.47. The SMILES string of the molecule is N[C@@H](CCC(=O)O)C(=O)[O-].O.O.[Na+]. The van der Waals surface area contributed by atoms with Crippen LogP contribution in [-0.2, 0) is 9.59 Å². The number of carboxylic acid groups (broad SMARTS) is 2. The number of hydrogen-bond donors (Lipinski definition) is 2. The Morgan fingerprint density at radius 2 is 1.77 bits per heavy atom. The molecule has 8 heteroatoms. The Kier molecular flexibility index (Phi) is 20.9. The van der Waals surface area contributed by atoms with Crippen LogP contribution in [0, 0.1) is 0 Å². The zero-order valence-corrected chi connectivity index (χ0v) is 9.24. The molecule has 13 heavy (non-hydrogen) atoms. The molecule has 0 fully saturated rings. The minimum Gasteiger partial charge on any atom is -0.548 e. The van der Waals surface area contributed by atoms with Crippen molar-refractivity contribution >= 4 is 11.9 Å². The van der Waals surface area contributed by atoms with Crippen molar-refractivity contribution in [3.63, 3.8) is 0 Å². The predicted molar refractivity (Wildman–Crippen MR) is 37.1 cm³/mol. The topological polar surface area (TPSA) is 166 Å². The molecule has 0 radical (unpaired) electrons. The first-order chi connectivity index (χ1) is 4.54. The minimum absolute atomic E-state index is 0. The molecular formula is C5H12NNaO6. The fourth-order valence-electron chi connectivity index (χ4n) is 0.397. The molecule has 0 aliphatic carbocycles. The second-order valence-corrected chi connectivity index (χ2v) is 1.86. The van der Waals surface area contributed by atoms with Crippen molar-refractivity contribution in [2.45, 2.75) is 18.9 Å². The molecule has 0 aromatic rings. The summed E-state index contributed by atoms with van der Waals surface area (Å²) in [6.45, 7) is 0. The van der Waals surface area contributed by atoms with Crippen molar-refractivity contribution in [3.8, 4) is 0 Å². The molecular weight excluding hydrogens is 193 g/mol. The Bertz CT molecular complexity index is 152. The maximum atomic E-state index is 9.88. The molecule has 1 atom stereocenters. The van der Waals surface area contributed by atoms with Crippen molar-refractivity contribution in [1.82, 2.24) is 0 Å². The van der Waals surface area contributed by atoms with Gasteiger partial charge in [-0.25, -0.2) is 0 Å². The molecule has 74 valence electrons. The molecule has 7 nitrogen and oxygen atoms in total. The number of nitrogens with two attached hydrogens (primary N) is 1. The third-order valence-electron chi connectivity index (χ3n) is 0.972. The van der Waals surface area contributed by atoms with Crippen LogP contribution in [0.5, 0.6) is 0 Å². The van der Waals surface area contributed by atoms with Gasteiger partial charge in [-0.3, -0.25) is 4.79 Å². The monoisotopic (exact) mass is 205 g/mol. The molecule has 0 rings (SSSR count). The molecule has 0 aliphatic heterocycles. The molecule has 0 aromatic carbocycles. The van der Waals surface area contributed by atoms with Crippen LogP contribution in [0.4, 0.5) is 0 Å². The third kappa shape index (κ3) is 14.7. The first kappa shape index (κ1) is 23.0. The van der Waals surface area contributed by atoms with Gasteiger partial charge in [-0.15, -0.1) is 0 Å². The minimum atomic E-state index is -1.42. The number of rotatable bonds is 4. The number of carbonyl (C=O) groups excluding carboxylic acids is 1. The van der Waals surface area contributed by atoms with E-state index < -0.39 is 18.0 Å². The van der Waals surface area contributed by atoms with E-state index in [9.17, 15) is 14.7 Å². The Morgan fingerprint density at radius 1 is 1.38 bits per heavy atom. The van der Waals surface area contributed by atoms with Crippen LogP contribution in [0.2, 0.25) is 0 Å². The van der Waals surface area contributed by atoms with Crippen LogP contribution >= 0.6 is 0 Å². The average molecular weight is 205 g/mol. The summed E-state index contributed by atoms with van der Waals surface area (Å²) in [7, 11) is 0. The molecule has 0 amide bonds. The largest absolute Gasteiger partial charge is 1.00 e. The summed E-state index contributed by atoms with van der Waals surface area (Å²) in [5, 5.41) is 18.0. The van der Waals surface area contributed by atoms with E-state index in [-0.39, 0.29) is 53.4 Å². The first-order valence-electron chi connectivity index (χ1n) is 2.72. The van der Waals surface area contributed by atoms with Gasteiger partial charge in [0.25, 0.3) is 0 Å². The van der Waals surface area contributed by atoms with E-state index in [0.717, 1.165) is 0 Å². The quantitative estimate of drug-likeness (QED) is 0.434. The Morgan fingerprint density at radius 3 is 2.00 bits per heavy atom. The fourth-order valence-corrected chi connectivity index (χ4v) is 0.397. The maximum Gasteiger partial charge on any atom is 1.00 e. The van der Waals surface area contributed by atoms with Gasteiger partial charge in [0.15, 0.2) is 0 Å². The van der Waals surface area contributed by atoms with Gasteiger partial charge >= 0.3 is 35.5 Å². The Labute approximate surface area is 96.8 Å². The number of hydrogen-bond acceptors (Lipinski definition) is 4. The number of carboxylic acids is 2. The second-order valence-electron chi connectivity index (χ2n) is 1.86. The summed E-state index contributed by atoms with van der Waals surface area (Å²) < 4.78 is 0. The summed E-state index contributed by atoms with van der Waals surface area (Å²) in [6, 6.07) is -1.17. The zero-order valence-electron chi connectivity index (χ0n) is 7.24. The van der Waals surface area contributed by atoms with Gasteiger partial charge in [0.05, 0.1) is 5.97 Å². The van der Waals surface area contributed by atoms with E-state index in [2.05, 4.69) is 0 Å². The molecule has 7 N–H and O–H groups in total. The standard InChI is InChI=1S/C5H9NO4.Na.2H2O/c6-3(5(9)10)1-2-4(7)8;;;/h3H,1-2,6H2,(H,7,8)(H,9,10);;2*1H2/q;+1;;/p-1/t3-;;;/m0.../s1. The van der Waals surface area contributed by atoms with Crippen LogP contribution in [0.1, 0.15) is 12.8 Å². The number of aliphatic carboxylic acids is 2. The first-order valence-corrected chi connectivity index (χ1v) is 2.72. The van der Waals surface area contributed by atoms with E-state index in [1.807, 2.05) is 0 Å². The van der Waals surface area contributed by atoms with Crippen LogP contribution in [0.15, 0.2) is 0 Å². The molecule has 0 unspecified atom stereocenters. The van der Waals surface area contributed by atoms with Gasteiger partial charge in [0.1, 0.15) is 0 Å². The summed E-state index contributed by atoms with van der Waals surface area (Å²) >= 11 is 0. The van der Waals surface area contributed by atoms with Crippen LogP contribution in [0.3, 0.4) is 0 Å². The molecule has 0 bridgehead atoms. The number of carbonyl (C=O) groups is 2. The van der Waals surface area contributed by atoms with Gasteiger partial charge in [0.2, 0.25) is 0 Å². The van der Waals surface area contributed by atoms with Gasteiger partial charge in [-0.05, 0) is 6.42 Å². The van der Waals surface area contributed by atoms with Gasteiger partial charge < -0.3 is 31.7 Å². The average Bonchev–Trinajstić information content (AvgIpc) is 1.82. The molecule has 0 spiro atoms. The van der Waals surface area contributed by atoms with Crippen molar-refractivity contribution in [1.29, 1.82) is 0 Å². The van der Waals surface area contributed by atoms with Gasteiger partial charge in [-0.1, -0.05) is 0 Å². The van der Waals surface area contributed by atoms with Crippen molar-refractivity contribution in [2.24, 2.45) is 5.73 Å². The Hall–Kier alpha value is -0.180. The second kappa shape index (κ2) is 11.8. The molecule has 0 aromatic heterocycles. The van der Waals surface area contributed by atoms with Gasteiger partial charge in [0, 0.05) is 12.5 Å². The fraction of sp³-hybridized carbons (Fsp3) is 0.600. The molecule has 0 aliphatic rings. The van der Waals surface area contributed by atoms with Crippen LogP contribution < -0.4 is 40.4 Å². The molecule has 0 saturated heterocycles. The Balaban J connectivity index is -0.000000135. The maximum absolute atomic E-state index is 9.88.